The number of rotatable bonds is 4. The number of amides is 1. The minimum absolute atomic E-state index is 0.00598. The quantitative estimate of drug-likeness (QED) is 0.614. The number of fused-ring (bicyclic) bond motifs is 2. The molecule has 1 spiro atoms. The SMILES string of the molecule is Cc1nnn(-c2cc(F)ccc2CNC(=O)c2nc3n(c(=O)c2O)CCOC32CCC2)c1C. The third-order valence-corrected chi connectivity index (χ3v) is 6.46. The number of aromatic hydroxyl groups is 1. The Kier molecular flexibility index (Phi) is 5.00. The van der Waals surface area contributed by atoms with Crippen molar-refractivity contribution in [2.75, 3.05) is 6.61 Å². The summed E-state index contributed by atoms with van der Waals surface area (Å²) in [6.45, 7) is 4.22. The average molecular weight is 454 g/mol. The van der Waals surface area contributed by atoms with E-state index in [9.17, 15) is 19.1 Å². The number of hydrogen-bond acceptors (Lipinski definition) is 7. The summed E-state index contributed by atoms with van der Waals surface area (Å²) in [7, 11) is 0. The number of carbonyl (C=O) groups is 1. The summed E-state index contributed by atoms with van der Waals surface area (Å²) in [5.74, 6) is -1.49. The standard InChI is InChI=1S/C22H23FN6O4/c1-12-13(2)29(27-26-12)16-10-15(23)5-4-14(16)11-24-19(31)17-18(30)20(32)28-8-9-33-22(6-3-7-22)21(28)25-17/h4-5,10,30H,3,6-9,11H2,1-2H3,(H,24,31). The van der Waals surface area contributed by atoms with Crippen LogP contribution in [0.3, 0.4) is 0 Å². The fourth-order valence-corrected chi connectivity index (χ4v) is 4.30. The number of nitrogens with one attached hydrogen (secondary N) is 1. The maximum Gasteiger partial charge on any atom is 0.296 e. The van der Waals surface area contributed by atoms with Crippen LogP contribution in [0.25, 0.3) is 5.69 Å². The normalized spacial score (nSPS) is 16.3. The molecule has 3 aromatic rings. The molecule has 1 saturated carbocycles. The van der Waals surface area contributed by atoms with E-state index >= 15 is 0 Å². The van der Waals surface area contributed by atoms with E-state index in [0.29, 0.717) is 42.2 Å². The Morgan fingerprint density at radius 2 is 2.12 bits per heavy atom. The molecule has 10 nitrogen and oxygen atoms in total. The van der Waals surface area contributed by atoms with Crippen molar-refractivity contribution in [1.29, 1.82) is 0 Å². The summed E-state index contributed by atoms with van der Waals surface area (Å²) in [6, 6.07) is 4.12. The highest BCUT2D eigenvalue weighted by Crippen LogP contribution is 2.45. The van der Waals surface area contributed by atoms with Gasteiger partial charge >= 0.3 is 0 Å². The molecule has 1 fully saturated rings. The Bertz CT molecular complexity index is 1330. The Morgan fingerprint density at radius 1 is 1.33 bits per heavy atom. The smallest absolute Gasteiger partial charge is 0.296 e. The van der Waals surface area contributed by atoms with Gasteiger partial charge in [-0.05, 0) is 50.8 Å². The highest BCUT2D eigenvalue weighted by atomic mass is 19.1. The molecule has 0 bridgehead atoms. The highest BCUT2D eigenvalue weighted by molar-refractivity contribution is 5.94. The highest BCUT2D eigenvalue weighted by Gasteiger charge is 2.46. The first-order valence-corrected chi connectivity index (χ1v) is 10.7. The van der Waals surface area contributed by atoms with Crippen LogP contribution in [0, 0.1) is 19.7 Å². The van der Waals surface area contributed by atoms with E-state index in [2.05, 4.69) is 20.6 Å². The number of benzene rings is 1. The van der Waals surface area contributed by atoms with Crippen molar-refractivity contribution in [3.8, 4) is 11.4 Å². The number of aromatic nitrogens is 5. The van der Waals surface area contributed by atoms with Gasteiger partial charge in [-0.25, -0.2) is 14.1 Å². The molecule has 1 aliphatic heterocycles. The van der Waals surface area contributed by atoms with Crippen LogP contribution in [0.2, 0.25) is 0 Å². The number of aryl methyl sites for hydroxylation is 1. The number of halogens is 1. The maximum absolute atomic E-state index is 14.0. The van der Waals surface area contributed by atoms with E-state index in [4.69, 9.17) is 4.74 Å². The minimum atomic E-state index is -0.713. The molecular formula is C22H23FN6O4. The van der Waals surface area contributed by atoms with Crippen LogP contribution in [0.4, 0.5) is 4.39 Å². The maximum atomic E-state index is 14.0. The zero-order chi connectivity index (χ0) is 23.3. The lowest BCUT2D eigenvalue weighted by molar-refractivity contribution is -0.134. The van der Waals surface area contributed by atoms with E-state index in [1.165, 1.54) is 27.4 Å². The number of hydrogen-bond donors (Lipinski definition) is 2. The van der Waals surface area contributed by atoms with Gasteiger partial charge in [0.2, 0.25) is 5.75 Å². The van der Waals surface area contributed by atoms with Crippen LogP contribution in [-0.4, -0.2) is 42.2 Å². The van der Waals surface area contributed by atoms with E-state index in [0.717, 1.165) is 12.1 Å². The first-order chi connectivity index (χ1) is 15.8. The number of ether oxygens (including phenoxy) is 1. The van der Waals surface area contributed by atoms with Crippen LogP contribution in [0.5, 0.6) is 5.75 Å². The fraction of sp³-hybridized carbons (Fsp3) is 0.409. The molecule has 0 radical (unpaired) electrons. The second-order valence-electron chi connectivity index (χ2n) is 8.41. The van der Waals surface area contributed by atoms with Gasteiger partial charge in [0, 0.05) is 6.54 Å². The number of nitrogens with zero attached hydrogens (tertiary/aromatic N) is 5. The van der Waals surface area contributed by atoms with Crippen LogP contribution in [0.1, 0.15) is 52.5 Å². The lowest BCUT2D eigenvalue weighted by Crippen LogP contribution is -2.49. The third-order valence-electron chi connectivity index (χ3n) is 6.46. The summed E-state index contributed by atoms with van der Waals surface area (Å²) in [4.78, 5) is 30.0. The molecule has 1 aliphatic carbocycles. The molecule has 2 aromatic heterocycles. The molecular weight excluding hydrogens is 431 g/mol. The van der Waals surface area contributed by atoms with Gasteiger partial charge in [-0.3, -0.25) is 14.2 Å². The summed E-state index contributed by atoms with van der Waals surface area (Å²) < 4.78 is 22.7. The molecule has 0 atom stereocenters. The third kappa shape index (κ3) is 3.39. The van der Waals surface area contributed by atoms with Crippen molar-refractivity contribution < 1.29 is 19.0 Å². The predicted molar refractivity (Wildman–Crippen MR) is 114 cm³/mol. The van der Waals surface area contributed by atoms with E-state index in [1.807, 2.05) is 6.92 Å². The summed E-state index contributed by atoms with van der Waals surface area (Å²) in [6.07, 6.45) is 2.36. The lowest BCUT2D eigenvalue weighted by Gasteiger charge is -2.44. The molecule has 2 aliphatic rings. The lowest BCUT2D eigenvalue weighted by atomic mass is 9.78. The molecule has 3 heterocycles. The average Bonchev–Trinajstić information content (AvgIpc) is 3.11. The van der Waals surface area contributed by atoms with Crippen LogP contribution >= 0.6 is 0 Å². The molecule has 1 amide bonds. The van der Waals surface area contributed by atoms with Gasteiger partial charge in [-0.1, -0.05) is 11.3 Å². The molecule has 33 heavy (non-hydrogen) atoms. The van der Waals surface area contributed by atoms with E-state index < -0.39 is 28.6 Å². The van der Waals surface area contributed by atoms with Crippen LogP contribution < -0.4 is 10.9 Å². The largest absolute Gasteiger partial charge is 0.501 e. The first-order valence-electron chi connectivity index (χ1n) is 10.7. The Hall–Kier alpha value is -3.60. The summed E-state index contributed by atoms with van der Waals surface area (Å²) in [5, 5.41) is 21.2. The Balaban J connectivity index is 1.45. The van der Waals surface area contributed by atoms with Gasteiger partial charge in [0.1, 0.15) is 17.2 Å². The van der Waals surface area contributed by atoms with Crippen molar-refractivity contribution in [3.05, 3.63) is 62.8 Å². The Labute approximate surface area is 188 Å². The molecule has 0 saturated heterocycles. The van der Waals surface area contributed by atoms with Crippen molar-refractivity contribution in [2.24, 2.45) is 0 Å². The van der Waals surface area contributed by atoms with Gasteiger partial charge < -0.3 is 15.2 Å². The van der Waals surface area contributed by atoms with E-state index in [-0.39, 0.29) is 18.8 Å². The topological polar surface area (TPSA) is 124 Å². The van der Waals surface area contributed by atoms with Gasteiger partial charge in [0.15, 0.2) is 5.69 Å². The van der Waals surface area contributed by atoms with E-state index in [1.54, 1.807) is 6.92 Å². The molecule has 11 heteroatoms. The summed E-state index contributed by atoms with van der Waals surface area (Å²) in [5.41, 5.74) is 0.761. The van der Waals surface area contributed by atoms with Gasteiger partial charge in [-0.2, -0.15) is 0 Å². The fourth-order valence-electron chi connectivity index (χ4n) is 4.30. The molecule has 1 aromatic carbocycles. The predicted octanol–water partition coefficient (Wildman–Crippen LogP) is 1.62. The van der Waals surface area contributed by atoms with Gasteiger partial charge in [0.25, 0.3) is 11.5 Å². The van der Waals surface area contributed by atoms with Crippen molar-refractivity contribution in [3.63, 3.8) is 0 Å². The van der Waals surface area contributed by atoms with Crippen molar-refractivity contribution in [1.82, 2.24) is 29.9 Å². The monoisotopic (exact) mass is 454 g/mol. The van der Waals surface area contributed by atoms with Gasteiger partial charge in [0.05, 0.1) is 30.2 Å². The van der Waals surface area contributed by atoms with Crippen molar-refractivity contribution in [2.45, 2.75) is 51.8 Å². The molecule has 5 rings (SSSR count). The van der Waals surface area contributed by atoms with Crippen LogP contribution in [0.15, 0.2) is 23.0 Å². The summed E-state index contributed by atoms with van der Waals surface area (Å²) >= 11 is 0. The number of carbonyl (C=O) groups excluding carboxylic acids is 1. The zero-order valence-corrected chi connectivity index (χ0v) is 18.3. The second kappa shape index (κ2) is 7.77. The van der Waals surface area contributed by atoms with Crippen molar-refractivity contribution >= 4 is 5.91 Å². The minimum Gasteiger partial charge on any atom is -0.501 e. The second-order valence-corrected chi connectivity index (χ2v) is 8.41. The molecule has 172 valence electrons. The molecule has 0 unspecified atom stereocenters. The van der Waals surface area contributed by atoms with Gasteiger partial charge in [-0.15, -0.1) is 5.10 Å². The molecule has 2 N–H and O–H groups in total. The van der Waals surface area contributed by atoms with Crippen LogP contribution in [-0.2, 0) is 23.4 Å². The zero-order valence-electron chi connectivity index (χ0n) is 18.3. The first kappa shape index (κ1) is 21.3. The Morgan fingerprint density at radius 3 is 2.79 bits per heavy atom.